The van der Waals surface area contributed by atoms with Gasteiger partial charge in [-0.2, -0.15) is 0 Å². The third-order valence-electron chi connectivity index (χ3n) is 3.12. The van der Waals surface area contributed by atoms with E-state index in [1.54, 1.807) is 0 Å². The zero-order valence-corrected chi connectivity index (χ0v) is 10.1. The molecule has 0 bridgehead atoms. The highest BCUT2D eigenvalue weighted by atomic mass is 16.6. The number of aliphatic hydroxyl groups is 1. The first-order valence-corrected chi connectivity index (χ1v) is 6.02. The van der Waals surface area contributed by atoms with Gasteiger partial charge in [-0.15, -0.1) is 0 Å². The Morgan fingerprint density at radius 1 is 0.895 bits per heavy atom. The highest BCUT2D eigenvalue weighted by molar-refractivity contribution is 6.00. The summed E-state index contributed by atoms with van der Waals surface area (Å²) in [5, 5.41) is 9.95. The molecule has 1 aliphatic heterocycles. The lowest BCUT2D eigenvalue weighted by Gasteiger charge is -2.14. The molecule has 0 unspecified atom stereocenters. The molecule has 3 rings (SSSR count). The molecule has 0 spiro atoms. The van der Waals surface area contributed by atoms with Gasteiger partial charge in [0.2, 0.25) is 5.76 Å². The summed E-state index contributed by atoms with van der Waals surface area (Å²) in [6.45, 7) is 0. The van der Waals surface area contributed by atoms with Crippen LogP contribution in [-0.4, -0.2) is 11.1 Å². The van der Waals surface area contributed by atoms with E-state index >= 15 is 0 Å². The number of carbonyl (C=O) groups is 1. The van der Waals surface area contributed by atoms with Gasteiger partial charge in [0.1, 0.15) is 0 Å². The van der Waals surface area contributed by atoms with Crippen LogP contribution in [0.3, 0.4) is 0 Å². The molecule has 2 aromatic carbocycles. The third-order valence-corrected chi connectivity index (χ3v) is 3.12. The van der Waals surface area contributed by atoms with Crippen LogP contribution in [0.25, 0.3) is 5.57 Å². The fourth-order valence-electron chi connectivity index (χ4n) is 2.22. The van der Waals surface area contributed by atoms with E-state index in [4.69, 9.17) is 4.74 Å². The van der Waals surface area contributed by atoms with Crippen LogP contribution < -0.4 is 0 Å². The SMILES string of the molecule is O=C1O[C@@H](c2ccccc2)C(c2ccccc2)=C1O. The zero-order valence-electron chi connectivity index (χ0n) is 10.1. The number of esters is 1. The van der Waals surface area contributed by atoms with Crippen molar-refractivity contribution in [3.63, 3.8) is 0 Å². The number of hydrogen-bond donors (Lipinski definition) is 1. The smallest absolute Gasteiger partial charge is 0.374 e. The standard InChI is InChI=1S/C16H12O3/c17-14-13(11-7-3-1-4-8-11)15(19-16(14)18)12-9-5-2-6-10-12/h1-10,15,17H/t15-/m0/s1. The lowest BCUT2D eigenvalue weighted by Crippen LogP contribution is -2.03. The lowest BCUT2D eigenvalue weighted by molar-refractivity contribution is -0.142. The molecule has 1 N–H and O–H groups in total. The summed E-state index contributed by atoms with van der Waals surface area (Å²) in [6, 6.07) is 18.7. The van der Waals surface area contributed by atoms with Crippen LogP contribution in [0.4, 0.5) is 0 Å². The molecule has 0 fully saturated rings. The number of rotatable bonds is 2. The van der Waals surface area contributed by atoms with Crippen molar-refractivity contribution >= 4 is 11.5 Å². The van der Waals surface area contributed by atoms with E-state index in [9.17, 15) is 9.90 Å². The molecule has 1 aliphatic rings. The first-order valence-electron chi connectivity index (χ1n) is 6.02. The van der Waals surface area contributed by atoms with Gasteiger partial charge in [0.15, 0.2) is 6.10 Å². The lowest BCUT2D eigenvalue weighted by atomic mass is 9.95. The van der Waals surface area contributed by atoms with Gasteiger partial charge in [-0.25, -0.2) is 4.79 Å². The zero-order chi connectivity index (χ0) is 13.2. The second-order valence-corrected chi connectivity index (χ2v) is 4.32. The molecular formula is C16H12O3. The summed E-state index contributed by atoms with van der Waals surface area (Å²) in [5.74, 6) is -0.979. The van der Waals surface area contributed by atoms with Crippen molar-refractivity contribution in [3.8, 4) is 0 Å². The Balaban J connectivity index is 2.10. The molecule has 1 atom stereocenters. The van der Waals surface area contributed by atoms with Crippen LogP contribution >= 0.6 is 0 Å². The number of aliphatic hydroxyl groups excluding tert-OH is 1. The average Bonchev–Trinajstić information content (AvgIpc) is 2.77. The van der Waals surface area contributed by atoms with Crippen molar-refractivity contribution in [2.45, 2.75) is 6.10 Å². The topological polar surface area (TPSA) is 46.5 Å². The van der Waals surface area contributed by atoms with Gasteiger partial charge in [0.05, 0.1) is 5.57 Å². The second-order valence-electron chi connectivity index (χ2n) is 4.32. The minimum absolute atomic E-state index is 0.306. The van der Waals surface area contributed by atoms with Gasteiger partial charge >= 0.3 is 5.97 Å². The maximum Gasteiger partial charge on any atom is 0.374 e. The van der Waals surface area contributed by atoms with Crippen molar-refractivity contribution in [3.05, 3.63) is 77.5 Å². The van der Waals surface area contributed by atoms with Crippen LogP contribution in [0.15, 0.2) is 66.4 Å². The Bertz CT molecular complexity index is 630. The number of cyclic esters (lactones) is 1. The summed E-state index contributed by atoms with van der Waals surface area (Å²) in [7, 11) is 0. The van der Waals surface area contributed by atoms with Gasteiger partial charge in [-0.1, -0.05) is 60.7 Å². The highest BCUT2D eigenvalue weighted by Gasteiger charge is 2.35. The number of carbonyl (C=O) groups excluding carboxylic acids is 1. The Hall–Kier alpha value is -2.55. The summed E-state index contributed by atoms with van der Waals surface area (Å²) >= 11 is 0. The molecule has 94 valence electrons. The molecule has 0 saturated carbocycles. The minimum Gasteiger partial charge on any atom is -0.502 e. The predicted molar refractivity (Wildman–Crippen MR) is 71.3 cm³/mol. The van der Waals surface area contributed by atoms with E-state index in [-0.39, 0.29) is 5.76 Å². The molecule has 3 nitrogen and oxygen atoms in total. The highest BCUT2D eigenvalue weighted by Crippen LogP contribution is 2.40. The van der Waals surface area contributed by atoms with Gasteiger partial charge < -0.3 is 9.84 Å². The largest absolute Gasteiger partial charge is 0.502 e. The van der Waals surface area contributed by atoms with E-state index in [0.717, 1.165) is 11.1 Å². The van der Waals surface area contributed by atoms with E-state index in [0.29, 0.717) is 5.57 Å². The molecule has 2 aromatic rings. The quantitative estimate of drug-likeness (QED) is 0.834. The van der Waals surface area contributed by atoms with Crippen molar-refractivity contribution in [1.82, 2.24) is 0 Å². The van der Waals surface area contributed by atoms with E-state index in [1.807, 2.05) is 60.7 Å². The van der Waals surface area contributed by atoms with Crippen LogP contribution in [0.5, 0.6) is 0 Å². The van der Waals surface area contributed by atoms with Crippen LogP contribution in [-0.2, 0) is 9.53 Å². The van der Waals surface area contributed by atoms with E-state index < -0.39 is 12.1 Å². The number of benzene rings is 2. The molecule has 0 radical (unpaired) electrons. The molecule has 0 saturated heterocycles. The van der Waals surface area contributed by atoms with Crippen molar-refractivity contribution in [2.75, 3.05) is 0 Å². The van der Waals surface area contributed by atoms with E-state index in [2.05, 4.69) is 0 Å². The summed E-state index contributed by atoms with van der Waals surface area (Å²) < 4.78 is 5.26. The van der Waals surface area contributed by atoms with Gasteiger partial charge in [0, 0.05) is 0 Å². The number of hydrogen-bond acceptors (Lipinski definition) is 3. The first kappa shape index (κ1) is 11.5. The van der Waals surface area contributed by atoms with E-state index in [1.165, 1.54) is 0 Å². The van der Waals surface area contributed by atoms with Crippen LogP contribution in [0.1, 0.15) is 17.2 Å². The molecule has 0 aromatic heterocycles. The second kappa shape index (κ2) is 4.61. The van der Waals surface area contributed by atoms with Crippen molar-refractivity contribution in [1.29, 1.82) is 0 Å². The molecule has 0 aliphatic carbocycles. The summed E-state index contributed by atoms with van der Waals surface area (Å²) in [5.41, 5.74) is 2.16. The summed E-state index contributed by atoms with van der Waals surface area (Å²) in [4.78, 5) is 11.6. The Labute approximate surface area is 110 Å². The van der Waals surface area contributed by atoms with Gasteiger partial charge in [-0.05, 0) is 11.1 Å². The number of ether oxygens (including phenoxy) is 1. The predicted octanol–water partition coefficient (Wildman–Crippen LogP) is 3.25. The van der Waals surface area contributed by atoms with Gasteiger partial charge in [0.25, 0.3) is 0 Å². The fraction of sp³-hybridized carbons (Fsp3) is 0.0625. The van der Waals surface area contributed by atoms with Gasteiger partial charge in [-0.3, -0.25) is 0 Å². The average molecular weight is 252 g/mol. The molecule has 1 heterocycles. The maximum atomic E-state index is 11.6. The summed E-state index contributed by atoms with van der Waals surface area (Å²) in [6.07, 6.45) is -0.545. The third kappa shape index (κ3) is 1.99. The van der Waals surface area contributed by atoms with Crippen LogP contribution in [0, 0.1) is 0 Å². The molecule has 3 heteroatoms. The molecule has 19 heavy (non-hydrogen) atoms. The Kier molecular flexibility index (Phi) is 2.80. The van der Waals surface area contributed by atoms with Crippen molar-refractivity contribution < 1.29 is 14.6 Å². The normalized spacial score (nSPS) is 18.5. The molecular weight excluding hydrogens is 240 g/mol. The Morgan fingerprint density at radius 2 is 1.47 bits per heavy atom. The minimum atomic E-state index is -0.673. The maximum absolute atomic E-state index is 11.6. The van der Waals surface area contributed by atoms with Crippen LogP contribution in [0.2, 0.25) is 0 Å². The molecule has 0 amide bonds. The Morgan fingerprint density at radius 3 is 2.11 bits per heavy atom. The van der Waals surface area contributed by atoms with Crippen molar-refractivity contribution in [2.24, 2.45) is 0 Å². The fourth-order valence-corrected chi connectivity index (χ4v) is 2.22. The monoisotopic (exact) mass is 252 g/mol. The first-order chi connectivity index (χ1) is 9.27.